The van der Waals surface area contributed by atoms with Crippen molar-refractivity contribution in [3.05, 3.63) is 59.8 Å². The molecule has 118 valence electrons. The number of H-pyrrole nitrogens is 1. The molecule has 0 aliphatic heterocycles. The summed E-state index contributed by atoms with van der Waals surface area (Å²) >= 11 is 0. The van der Waals surface area contributed by atoms with Crippen molar-refractivity contribution < 1.29 is 9.53 Å². The van der Waals surface area contributed by atoms with Gasteiger partial charge in [-0.25, -0.2) is 0 Å². The lowest BCUT2D eigenvalue weighted by molar-refractivity contribution is 0.0737. The summed E-state index contributed by atoms with van der Waals surface area (Å²) in [6.45, 7) is 1.98. The smallest absolute Gasteiger partial charge is 0.275 e. The Morgan fingerprint density at radius 1 is 1.17 bits per heavy atom. The molecule has 1 N–H and O–H groups in total. The Balaban J connectivity index is 1.93. The number of hydrogen-bond acceptors (Lipinski definition) is 3. The van der Waals surface area contributed by atoms with E-state index in [1.165, 1.54) is 0 Å². The van der Waals surface area contributed by atoms with E-state index in [4.69, 9.17) is 4.74 Å². The summed E-state index contributed by atoms with van der Waals surface area (Å²) in [6.07, 6.45) is 0. The highest BCUT2D eigenvalue weighted by Gasteiger charge is 2.24. The first-order valence-corrected chi connectivity index (χ1v) is 7.46. The van der Waals surface area contributed by atoms with Crippen LogP contribution in [-0.4, -0.2) is 35.2 Å². The van der Waals surface area contributed by atoms with Crippen LogP contribution in [0.25, 0.3) is 10.9 Å². The molecule has 0 bridgehead atoms. The molecule has 0 spiro atoms. The predicted octanol–water partition coefficient (Wildman–Crippen LogP) is 3.40. The van der Waals surface area contributed by atoms with E-state index < -0.39 is 0 Å². The van der Waals surface area contributed by atoms with E-state index >= 15 is 0 Å². The van der Waals surface area contributed by atoms with Crippen molar-refractivity contribution in [1.29, 1.82) is 0 Å². The molecule has 23 heavy (non-hydrogen) atoms. The highest BCUT2D eigenvalue weighted by atomic mass is 16.5. The van der Waals surface area contributed by atoms with Gasteiger partial charge < -0.3 is 9.64 Å². The number of carbonyl (C=O) groups is 1. The summed E-state index contributed by atoms with van der Waals surface area (Å²) in [5, 5.41) is 7.92. The zero-order chi connectivity index (χ0) is 16.4. The number of rotatable bonds is 4. The van der Waals surface area contributed by atoms with Crippen molar-refractivity contribution in [2.24, 2.45) is 0 Å². The summed E-state index contributed by atoms with van der Waals surface area (Å²) in [5.41, 5.74) is 2.25. The van der Waals surface area contributed by atoms with E-state index in [1.807, 2.05) is 55.5 Å². The first kappa shape index (κ1) is 15.1. The quantitative estimate of drug-likeness (QED) is 0.803. The number of nitrogens with zero attached hydrogens (tertiary/aromatic N) is 2. The second kappa shape index (κ2) is 6.12. The minimum absolute atomic E-state index is 0.124. The summed E-state index contributed by atoms with van der Waals surface area (Å²) in [5.74, 6) is 0.646. The van der Waals surface area contributed by atoms with Gasteiger partial charge in [-0.05, 0) is 19.1 Å². The minimum atomic E-state index is -0.130. The Hall–Kier alpha value is -2.82. The lowest BCUT2D eigenvalue weighted by Gasteiger charge is -2.26. The summed E-state index contributed by atoms with van der Waals surface area (Å²) in [4.78, 5) is 14.5. The summed E-state index contributed by atoms with van der Waals surface area (Å²) in [6, 6.07) is 15.2. The highest BCUT2D eigenvalue weighted by molar-refractivity contribution is 6.04. The Morgan fingerprint density at radius 3 is 2.65 bits per heavy atom. The first-order valence-electron chi connectivity index (χ1n) is 7.46. The number of aromatic amines is 1. The van der Waals surface area contributed by atoms with Crippen LogP contribution < -0.4 is 4.74 Å². The Morgan fingerprint density at radius 2 is 1.87 bits per heavy atom. The second-order valence-corrected chi connectivity index (χ2v) is 5.45. The Kier molecular flexibility index (Phi) is 4.02. The molecular weight excluding hydrogens is 290 g/mol. The fourth-order valence-electron chi connectivity index (χ4n) is 2.69. The molecule has 0 aliphatic carbocycles. The van der Waals surface area contributed by atoms with Gasteiger partial charge in [0.1, 0.15) is 5.75 Å². The van der Waals surface area contributed by atoms with E-state index in [2.05, 4.69) is 10.2 Å². The average molecular weight is 309 g/mol. The van der Waals surface area contributed by atoms with Crippen molar-refractivity contribution in [2.75, 3.05) is 14.2 Å². The number of para-hydroxylation sites is 2. The lowest BCUT2D eigenvalue weighted by atomic mass is 10.1. The van der Waals surface area contributed by atoms with E-state index in [9.17, 15) is 4.79 Å². The van der Waals surface area contributed by atoms with Crippen molar-refractivity contribution in [3.8, 4) is 5.75 Å². The van der Waals surface area contributed by atoms with Crippen molar-refractivity contribution in [2.45, 2.75) is 13.0 Å². The van der Waals surface area contributed by atoms with Crippen LogP contribution in [0.4, 0.5) is 0 Å². The van der Waals surface area contributed by atoms with Crippen LogP contribution >= 0.6 is 0 Å². The maximum Gasteiger partial charge on any atom is 0.275 e. The Bertz CT molecular complexity index is 841. The van der Waals surface area contributed by atoms with Crippen LogP contribution in [0.2, 0.25) is 0 Å². The number of hydrogen-bond donors (Lipinski definition) is 1. The third-order valence-electron chi connectivity index (χ3n) is 4.16. The molecule has 0 saturated carbocycles. The number of benzene rings is 2. The molecule has 1 atom stereocenters. The molecule has 3 aromatic rings. The number of amides is 1. The lowest BCUT2D eigenvalue weighted by Crippen LogP contribution is -2.30. The molecular formula is C18H19N3O2. The monoisotopic (exact) mass is 309 g/mol. The van der Waals surface area contributed by atoms with Gasteiger partial charge in [0, 0.05) is 18.0 Å². The highest BCUT2D eigenvalue weighted by Crippen LogP contribution is 2.29. The van der Waals surface area contributed by atoms with E-state index in [1.54, 1.807) is 19.1 Å². The van der Waals surface area contributed by atoms with E-state index in [0.717, 1.165) is 22.2 Å². The number of ether oxygens (including phenoxy) is 1. The maximum absolute atomic E-state index is 12.8. The van der Waals surface area contributed by atoms with Gasteiger partial charge in [0.2, 0.25) is 0 Å². The van der Waals surface area contributed by atoms with Gasteiger partial charge in [0.15, 0.2) is 5.69 Å². The van der Waals surface area contributed by atoms with Gasteiger partial charge in [-0.15, -0.1) is 0 Å². The third-order valence-corrected chi connectivity index (χ3v) is 4.16. The molecule has 2 aromatic carbocycles. The zero-order valence-corrected chi connectivity index (χ0v) is 13.4. The number of carbonyl (C=O) groups excluding carboxylic acids is 1. The topological polar surface area (TPSA) is 58.2 Å². The second-order valence-electron chi connectivity index (χ2n) is 5.45. The summed E-state index contributed by atoms with van der Waals surface area (Å²) < 4.78 is 5.40. The fourth-order valence-corrected chi connectivity index (χ4v) is 2.69. The molecule has 3 rings (SSSR count). The number of aromatic nitrogens is 2. The maximum atomic E-state index is 12.8. The zero-order valence-electron chi connectivity index (χ0n) is 13.4. The molecule has 1 heterocycles. The normalized spacial score (nSPS) is 12.1. The van der Waals surface area contributed by atoms with Gasteiger partial charge in [-0.1, -0.05) is 36.4 Å². The molecule has 0 saturated heterocycles. The Labute approximate surface area is 134 Å². The van der Waals surface area contributed by atoms with E-state index in [-0.39, 0.29) is 11.9 Å². The molecule has 5 heteroatoms. The molecule has 0 radical (unpaired) electrons. The van der Waals surface area contributed by atoms with Crippen LogP contribution in [-0.2, 0) is 0 Å². The SMILES string of the molecule is COc1ccccc1C(C)N(C)C(=O)c1n[nH]c2ccccc12. The molecule has 1 amide bonds. The number of methoxy groups -OCH3 is 1. The van der Waals surface area contributed by atoms with Crippen LogP contribution in [0.5, 0.6) is 5.75 Å². The minimum Gasteiger partial charge on any atom is -0.496 e. The van der Waals surface area contributed by atoms with Crippen LogP contribution in [0, 0.1) is 0 Å². The van der Waals surface area contributed by atoms with Crippen molar-refractivity contribution >= 4 is 16.8 Å². The van der Waals surface area contributed by atoms with E-state index in [0.29, 0.717) is 5.69 Å². The van der Waals surface area contributed by atoms with Crippen molar-refractivity contribution in [3.63, 3.8) is 0 Å². The number of nitrogens with one attached hydrogen (secondary N) is 1. The number of fused-ring (bicyclic) bond motifs is 1. The molecule has 1 aromatic heterocycles. The van der Waals surface area contributed by atoms with Gasteiger partial charge >= 0.3 is 0 Å². The first-order chi connectivity index (χ1) is 11.1. The van der Waals surface area contributed by atoms with Crippen LogP contribution in [0.1, 0.15) is 29.0 Å². The average Bonchev–Trinajstić information content (AvgIpc) is 3.03. The van der Waals surface area contributed by atoms with Crippen LogP contribution in [0.3, 0.4) is 0 Å². The van der Waals surface area contributed by atoms with Crippen LogP contribution in [0.15, 0.2) is 48.5 Å². The summed E-state index contributed by atoms with van der Waals surface area (Å²) in [7, 11) is 3.41. The fraction of sp³-hybridized carbons (Fsp3) is 0.222. The standard InChI is InChI=1S/C18H19N3O2/c1-12(13-8-5-7-11-16(13)23-3)21(2)18(22)17-14-9-4-6-10-15(14)19-20-17/h4-12H,1-3H3,(H,19,20). The van der Waals surface area contributed by atoms with Gasteiger partial charge in [0.05, 0.1) is 18.7 Å². The molecule has 1 unspecified atom stereocenters. The largest absolute Gasteiger partial charge is 0.496 e. The van der Waals surface area contributed by atoms with Gasteiger partial charge in [-0.3, -0.25) is 9.89 Å². The van der Waals surface area contributed by atoms with Crippen molar-refractivity contribution in [1.82, 2.24) is 15.1 Å². The third kappa shape index (κ3) is 2.65. The molecule has 5 nitrogen and oxygen atoms in total. The van der Waals surface area contributed by atoms with Gasteiger partial charge in [-0.2, -0.15) is 5.10 Å². The molecule has 0 aliphatic rings. The molecule has 0 fully saturated rings. The predicted molar refractivity (Wildman–Crippen MR) is 89.6 cm³/mol. The van der Waals surface area contributed by atoms with Gasteiger partial charge in [0.25, 0.3) is 5.91 Å².